The number of nitrogens with zero attached hydrogens (tertiary/aromatic N) is 2. The van der Waals surface area contributed by atoms with E-state index in [4.69, 9.17) is 8.83 Å². The molecule has 2 aromatic heterocycles. The summed E-state index contributed by atoms with van der Waals surface area (Å²) in [6, 6.07) is 3.80. The Labute approximate surface area is 141 Å². The third-order valence-electron chi connectivity index (χ3n) is 4.96. The number of carbonyl (C=O) groups is 1. The Morgan fingerprint density at radius 3 is 2.75 bits per heavy atom. The minimum atomic E-state index is 0.0462. The summed E-state index contributed by atoms with van der Waals surface area (Å²) in [5.41, 5.74) is 0.655. The monoisotopic (exact) mass is 332 g/mol. The average molecular weight is 332 g/mol. The Balaban J connectivity index is 1.62. The normalized spacial score (nSPS) is 21.0. The maximum absolute atomic E-state index is 12.6. The van der Waals surface area contributed by atoms with E-state index in [0.29, 0.717) is 29.0 Å². The van der Waals surface area contributed by atoms with Crippen molar-refractivity contribution >= 4 is 5.91 Å². The molecule has 0 bridgehead atoms. The summed E-state index contributed by atoms with van der Waals surface area (Å²) in [5.74, 6) is 2.05. The predicted octanol–water partition coefficient (Wildman–Crippen LogP) is 2.80. The first-order valence-corrected chi connectivity index (χ1v) is 8.45. The molecule has 0 atom stereocenters. The van der Waals surface area contributed by atoms with Gasteiger partial charge in [0.25, 0.3) is 5.89 Å². The molecule has 1 aliphatic carbocycles. The molecule has 1 fully saturated rings. The van der Waals surface area contributed by atoms with Crippen LogP contribution in [0.5, 0.6) is 0 Å². The number of carbonyl (C=O) groups excluding carboxylic acids is 1. The summed E-state index contributed by atoms with van der Waals surface area (Å²) in [7, 11) is 1.86. The first-order valence-electron chi connectivity index (χ1n) is 8.45. The maximum atomic E-state index is 12.6. The van der Waals surface area contributed by atoms with E-state index in [1.54, 1.807) is 18.4 Å². The summed E-state index contributed by atoms with van der Waals surface area (Å²) in [5, 5.41) is 9.22. The molecular weight excluding hydrogens is 308 g/mol. The van der Waals surface area contributed by atoms with Crippen molar-refractivity contribution in [1.82, 2.24) is 9.88 Å². The minimum Gasteiger partial charge on any atom is -0.459 e. The van der Waals surface area contributed by atoms with Crippen molar-refractivity contribution in [2.75, 3.05) is 13.7 Å². The highest BCUT2D eigenvalue weighted by atomic mass is 16.4. The number of likely N-dealkylation sites (N-methyl/N-ethyl adjacent to an activating group) is 1. The smallest absolute Gasteiger partial charge is 0.263 e. The van der Waals surface area contributed by atoms with Crippen LogP contribution in [-0.4, -0.2) is 40.6 Å². The summed E-state index contributed by atoms with van der Waals surface area (Å²) in [6.45, 7) is 2.06. The molecule has 24 heavy (non-hydrogen) atoms. The lowest BCUT2D eigenvalue weighted by Gasteiger charge is -2.34. The quantitative estimate of drug-likeness (QED) is 0.911. The number of rotatable bonds is 5. The third-order valence-corrected chi connectivity index (χ3v) is 4.96. The Kier molecular flexibility index (Phi) is 5.04. The van der Waals surface area contributed by atoms with E-state index in [1.165, 1.54) is 0 Å². The van der Waals surface area contributed by atoms with Crippen LogP contribution in [0, 0.1) is 12.8 Å². The van der Waals surface area contributed by atoms with Crippen molar-refractivity contribution in [2.24, 2.45) is 5.92 Å². The molecule has 1 saturated carbocycles. The molecule has 0 aromatic carbocycles. The van der Waals surface area contributed by atoms with Gasteiger partial charge < -0.3 is 18.8 Å². The summed E-state index contributed by atoms with van der Waals surface area (Å²) in [4.78, 5) is 18.8. The highest BCUT2D eigenvalue weighted by Crippen LogP contribution is 2.27. The molecule has 0 aliphatic heterocycles. The van der Waals surface area contributed by atoms with Crippen molar-refractivity contribution in [3.05, 3.63) is 29.9 Å². The summed E-state index contributed by atoms with van der Waals surface area (Å²) >= 11 is 0. The van der Waals surface area contributed by atoms with E-state index in [-0.39, 0.29) is 25.0 Å². The SMILES string of the molecule is Cc1oc(-c2ccco2)nc1CC(=O)N(C)C1CCC(CO)CC1. The van der Waals surface area contributed by atoms with Crippen LogP contribution in [0.15, 0.2) is 27.2 Å². The lowest BCUT2D eigenvalue weighted by atomic mass is 9.86. The van der Waals surface area contributed by atoms with Crippen LogP contribution in [0.25, 0.3) is 11.7 Å². The molecule has 0 unspecified atom stereocenters. The van der Waals surface area contributed by atoms with E-state index in [0.717, 1.165) is 25.7 Å². The molecule has 1 amide bonds. The number of oxazole rings is 1. The molecule has 0 saturated heterocycles. The second kappa shape index (κ2) is 7.21. The van der Waals surface area contributed by atoms with Crippen LogP contribution in [0.2, 0.25) is 0 Å². The van der Waals surface area contributed by atoms with Crippen molar-refractivity contribution < 1.29 is 18.7 Å². The van der Waals surface area contributed by atoms with Gasteiger partial charge in [0.1, 0.15) is 5.76 Å². The number of aliphatic hydroxyl groups is 1. The van der Waals surface area contributed by atoms with Crippen LogP contribution < -0.4 is 0 Å². The van der Waals surface area contributed by atoms with Crippen LogP contribution in [0.1, 0.15) is 37.1 Å². The van der Waals surface area contributed by atoms with Crippen molar-refractivity contribution in [1.29, 1.82) is 0 Å². The maximum Gasteiger partial charge on any atom is 0.263 e. The van der Waals surface area contributed by atoms with Gasteiger partial charge in [0, 0.05) is 19.7 Å². The molecule has 6 heteroatoms. The number of hydrogen-bond acceptors (Lipinski definition) is 5. The highest BCUT2D eigenvalue weighted by Gasteiger charge is 2.27. The molecule has 0 radical (unpaired) electrons. The Morgan fingerprint density at radius 1 is 1.38 bits per heavy atom. The Morgan fingerprint density at radius 2 is 2.12 bits per heavy atom. The van der Waals surface area contributed by atoms with Gasteiger partial charge >= 0.3 is 0 Å². The fraction of sp³-hybridized carbons (Fsp3) is 0.556. The zero-order chi connectivity index (χ0) is 17.1. The molecule has 0 spiro atoms. The average Bonchev–Trinajstić information content (AvgIpc) is 3.24. The number of furan rings is 1. The molecule has 6 nitrogen and oxygen atoms in total. The molecule has 2 aromatic rings. The van der Waals surface area contributed by atoms with Crippen molar-refractivity contribution in [3.63, 3.8) is 0 Å². The first-order chi connectivity index (χ1) is 11.6. The molecule has 3 rings (SSSR count). The number of aromatic nitrogens is 1. The number of amides is 1. The fourth-order valence-electron chi connectivity index (χ4n) is 3.28. The van der Waals surface area contributed by atoms with Gasteiger partial charge in [-0.3, -0.25) is 4.79 Å². The van der Waals surface area contributed by atoms with Gasteiger partial charge in [-0.15, -0.1) is 0 Å². The second-order valence-corrected chi connectivity index (χ2v) is 6.54. The van der Waals surface area contributed by atoms with Crippen LogP contribution in [-0.2, 0) is 11.2 Å². The van der Waals surface area contributed by atoms with E-state index in [2.05, 4.69) is 4.98 Å². The number of aliphatic hydroxyl groups excluding tert-OH is 1. The van der Waals surface area contributed by atoms with Crippen LogP contribution in [0.3, 0.4) is 0 Å². The highest BCUT2D eigenvalue weighted by molar-refractivity contribution is 5.78. The lowest BCUT2D eigenvalue weighted by Crippen LogP contribution is -2.40. The van der Waals surface area contributed by atoms with Gasteiger partial charge in [-0.05, 0) is 50.7 Å². The van der Waals surface area contributed by atoms with Crippen molar-refractivity contribution in [3.8, 4) is 11.7 Å². The van der Waals surface area contributed by atoms with Gasteiger partial charge in [0.2, 0.25) is 5.91 Å². The predicted molar refractivity (Wildman–Crippen MR) is 88.2 cm³/mol. The van der Waals surface area contributed by atoms with Gasteiger partial charge in [0.05, 0.1) is 18.4 Å². The number of hydrogen-bond donors (Lipinski definition) is 1. The largest absolute Gasteiger partial charge is 0.459 e. The Hall–Kier alpha value is -2.08. The molecule has 2 heterocycles. The van der Waals surface area contributed by atoms with Gasteiger partial charge in [-0.1, -0.05) is 0 Å². The van der Waals surface area contributed by atoms with E-state index < -0.39 is 0 Å². The van der Waals surface area contributed by atoms with E-state index in [1.807, 2.05) is 18.9 Å². The first kappa shape index (κ1) is 16.8. The van der Waals surface area contributed by atoms with Crippen LogP contribution >= 0.6 is 0 Å². The fourth-order valence-corrected chi connectivity index (χ4v) is 3.28. The Bertz CT molecular complexity index is 669. The van der Waals surface area contributed by atoms with Gasteiger partial charge in [0.15, 0.2) is 5.76 Å². The van der Waals surface area contributed by atoms with Gasteiger partial charge in [-0.2, -0.15) is 0 Å². The standard InChI is InChI=1S/C18H24N2O4/c1-12-15(19-18(24-12)16-4-3-9-23-16)10-17(22)20(2)14-7-5-13(11-21)6-8-14/h3-4,9,13-14,21H,5-8,10-11H2,1-2H3. The van der Waals surface area contributed by atoms with Gasteiger partial charge in [-0.25, -0.2) is 4.98 Å². The van der Waals surface area contributed by atoms with Crippen LogP contribution in [0.4, 0.5) is 0 Å². The third kappa shape index (κ3) is 3.53. The zero-order valence-electron chi connectivity index (χ0n) is 14.2. The molecule has 1 aliphatic rings. The minimum absolute atomic E-state index is 0.0462. The van der Waals surface area contributed by atoms with E-state index in [9.17, 15) is 9.90 Å². The summed E-state index contributed by atoms with van der Waals surface area (Å²) < 4.78 is 10.9. The second-order valence-electron chi connectivity index (χ2n) is 6.54. The molecular formula is C18H24N2O4. The molecule has 1 N–H and O–H groups in total. The zero-order valence-corrected chi connectivity index (χ0v) is 14.2. The summed E-state index contributed by atoms with van der Waals surface area (Å²) in [6.07, 6.45) is 5.64. The molecule has 130 valence electrons. The number of aryl methyl sites for hydroxylation is 1. The topological polar surface area (TPSA) is 79.7 Å². The van der Waals surface area contributed by atoms with E-state index >= 15 is 0 Å². The van der Waals surface area contributed by atoms with Crippen molar-refractivity contribution in [2.45, 2.75) is 45.1 Å². The lowest BCUT2D eigenvalue weighted by molar-refractivity contribution is -0.132.